The van der Waals surface area contributed by atoms with Crippen LogP contribution in [0.15, 0.2) is 23.4 Å². The van der Waals surface area contributed by atoms with Crippen molar-refractivity contribution >= 4 is 29.0 Å². The summed E-state index contributed by atoms with van der Waals surface area (Å²) in [7, 11) is 0. The van der Waals surface area contributed by atoms with Crippen LogP contribution in [0.3, 0.4) is 0 Å². The molecule has 1 aromatic carbocycles. The van der Waals surface area contributed by atoms with Gasteiger partial charge in [0.25, 0.3) is 0 Å². The summed E-state index contributed by atoms with van der Waals surface area (Å²) in [6, 6.07) is 4.92. The second-order valence-electron chi connectivity index (χ2n) is 2.76. The maximum Gasteiger partial charge on any atom is 0.142 e. The van der Waals surface area contributed by atoms with Crippen LogP contribution >= 0.6 is 23.2 Å². The first-order valence-electron chi connectivity index (χ1n) is 4.17. The van der Waals surface area contributed by atoms with E-state index >= 15 is 0 Å². The largest absolute Gasteiger partial charge is 0.492 e. The molecule has 1 aromatic rings. The first kappa shape index (κ1) is 11.9. The number of halogens is 2. The number of hydrogen-bond acceptors (Lipinski definition) is 3. The number of amidine groups is 1. The van der Waals surface area contributed by atoms with Gasteiger partial charge in [0.05, 0.1) is 11.6 Å². The Morgan fingerprint density at radius 1 is 1.47 bits per heavy atom. The molecule has 15 heavy (non-hydrogen) atoms. The van der Waals surface area contributed by atoms with E-state index in [1.807, 2.05) is 0 Å². The molecule has 0 unspecified atom stereocenters. The molecule has 4 nitrogen and oxygen atoms in total. The lowest BCUT2D eigenvalue weighted by atomic mass is 10.3. The van der Waals surface area contributed by atoms with Crippen molar-refractivity contribution in [2.75, 3.05) is 6.61 Å². The molecule has 6 heteroatoms. The molecule has 0 fully saturated rings. The van der Waals surface area contributed by atoms with Crippen LogP contribution < -0.4 is 10.5 Å². The van der Waals surface area contributed by atoms with Gasteiger partial charge in [0.15, 0.2) is 0 Å². The zero-order valence-electron chi connectivity index (χ0n) is 7.78. The van der Waals surface area contributed by atoms with Gasteiger partial charge in [-0.25, -0.2) is 0 Å². The van der Waals surface area contributed by atoms with Crippen LogP contribution in [0.1, 0.15) is 6.42 Å². The normalized spacial score (nSPS) is 11.5. The zero-order chi connectivity index (χ0) is 11.3. The third kappa shape index (κ3) is 3.85. The first-order chi connectivity index (χ1) is 7.13. The van der Waals surface area contributed by atoms with Crippen molar-refractivity contribution in [2.45, 2.75) is 6.42 Å². The fourth-order valence-corrected chi connectivity index (χ4v) is 1.24. The van der Waals surface area contributed by atoms with Crippen LogP contribution in [0.2, 0.25) is 10.0 Å². The summed E-state index contributed by atoms with van der Waals surface area (Å²) in [5.74, 6) is 0.586. The molecule has 0 amide bonds. The summed E-state index contributed by atoms with van der Waals surface area (Å²) >= 11 is 11.6. The molecule has 0 spiro atoms. The molecule has 0 saturated carbocycles. The lowest BCUT2D eigenvalue weighted by molar-refractivity contribution is 0.305. The Morgan fingerprint density at radius 2 is 2.20 bits per heavy atom. The summed E-state index contributed by atoms with van der Waals surface area (Å²) < 4.78 is 5.30. The van der Waals surface area contributed by atoms with Crippen molar-refractivity contribution in [1.29, 1.82) is 0 Å². The van der Waals surface area contributed by atoms with Crippen LogP contribution in [0.25, 0.3) is 0 Å². The van der Waals surface area contributed by atoms with Crippen molar-refractivity contribution in [3.63, 3.8) is 0 Å². The Labute approximate surface area is 97.2 Å². The average Bonchev–Trinajstić information content (AvgIpc) is 2.23. The second kappa shape index (κ2) is 5.68. The number of nitrogens with two attached hydrogens (primary N) is 1. The molecule has 82 valence electrons. The van der Waals surface area contributed by atoms with E-state index in [0.717, 1.165) is 0 Å². The lowest BCUT2D eigenvalue weighted by Crippen LogP contribution is -2.15. The fraction of sp³-hybridized carbons (Fsp3) is 0.222. The highest BCUT2D eigenvalue weighted by Crippen LogP contribution is 2.27. The van der Waals surface area contributed by atoms with Crippen LogP contribution in [-0.4, -0.2) is 17.6 Å². The Morgan fingerprint density at radius 3 is 2.87 bits per heavy atom. The Bertz CT molecular complexity index is 369. The Kier molecular flexibility index (Phi) is 4.52. The lowest BCUT2D eigenvalue weighted by Gasteiger charge is -2.07. The van der Waals surface area contributed by atoms with Gasteiger partial charge >= 0.3 is 0 Å². The van der Waals surface area contributed by atoms with Gasteiger partial charge in [-0.05, 0) is 12.1 Å². The molecule has 0 atom stereocenters. The first-order valence-corrected chi connectivity index (χ1v) is 4.93. The fourth-order valence-electron chi connectivity index (χ4n) is 0.903. The van der Waals surface area contributed by atoms with Gasteiger partial charge in [0.2, 0.25) is 0 Å². The Hall–Kier alpha value is -1.13. The summed E-state index contributed by atoms with van der Waals surface area (Å²) in [4.78, 5) is 0. The number of nitrogens with zero attached hydrogens (tertiary/aromatic N) is 1. The Balaban J connectivity index is 2.54. The van der Waals surface area contributed by atoms with Crippen molar-refractivity contribution in [3.05, 3.63) is 28.2 Å². The molecule has 0 aromatic heterocycles. The van der Waals surface area contributed by atoms with Crippen molar-refractivity contribution < 1.29 is 9.94 Å². The zero-order valence-corrected chi connectivity index (χ0v) is 9.29. The van der Waals surface area contributed by atoms with Gasteiger partial charge in [0, 0.05) is 17.5 Å². The minimum Gasteiger partial charge on any atom is -0.492 e. The van der Waals surface area contributed by atoms with Crippen LogP contribution in [0.4, 0.5) is 0 Å². The number of oxime groups is 1. The minimum atomic E-state index is 0.105. The molecule has 0 radical (unpaired) electrons. The van der Waals surface area contributed by atoms with E-state index in [1.165, 1.54) is 0 Å². The van der Waals surface area contributed by atoms with E-state index in [-0.39, 0.29) is 12.4 Å². The average molecular weight is 249 g/mol. The SMILES string of the molecule is N/C(CCOc1cc(Cl)ccc1Cl)=N\O. The van der Waals surface area contributed by atoms with E-state index in [4.69, 9.17) is 38.9 Å². The molecule has 0 aliphatic carbocycles. The predicted molar refractivity (Wildman–Crippen MR) is 60.0 cm³/mol. The van der Waals surface area contributed by atoms with Crippen LogP contribution in [-0.2, 0) is 0 Å². The maximum atomic E-state index is 8.29. The van der Waals surface area contributed by atoms with E-state index in [0.29, 0.717) is 22.2 Å². The van der Waals surface area contributed by atoms with Crippen molar-refractivity contribution in [1.82, 2.24) is 0 Å². The number of rotatable bonds is 4. The molecule has 0 bridgehead atoms. The van der Waals surface area contributed by atoms with Gasteiger partial charge in [-0.1, -0.05) is 28.4 Å². The summed E-state index contributed by atoms with van der Waals surface area (Å²) in [5, 5.41) is 12.1. The number of ether oxygens (including phenoxy) is 1. The van der Waals surface area contributed by atoms with Gasteiger partial charge in [-0.2, -0.15) is 0 Å². The van der Waals surface area contributed by atoms with E-state index < -0.39 is 0 Å². The second-order valence-corrected chi connectivity index (χ2v) is 3.61. The van der Waals surface area contributed by atoms with Crippen LogP contribution in [0.5, 0.6) is 5.75 Å². The molecule has 0 saturated heterocycles. The number of hydrogen-bond donors (Lipinski definition) is 2. The minimum absolute atomic E-state index is 0.105. The monoisotopic (exact) mass is 248 g/mol. The highest BCUT2D eigenvalue weighted by atomic mass is 35.5. The summed E-state index contributed by atoms with van der Waals surface area (Å²) in [6.07, 6.45) is 0.319. The standard InChI is InChI=1S/C9H10Cl2N2O2/c10-6-1-2-7(11)8(5-6)15-4-3-9(12)13-14/h1-2,5,14H,3-4H2,(H2,12,13). The highest BCUT2D eigenvalue weighted by molar-refractivity contribution is 6.34. The molecule has 1 rings (SSSR count). The summed E-state index contributed by atoms with van der Waals surface area (Å²) in [5.41, 5.74) is 5.27. The molecular formula is C9H10Cl2N2O2. The maximum absolute atomic E-state index is 8.29. The smallest absolute Gasteiger partial charge is 0.142 e. The summed E-state index contributed by atoms with van der Waals surface area (Å²) in [6.45, 7) is 0.274. The van der Waals surface area contributed by atoms with Crippen LogP contribution in [0, 0.1) is 0 Å². The quantitative estimate of drug-likeness (QED) is 0.373. The third-order valence-electron chi connectivity index (χ3n) is 1.64. The third-order valence-corrected chi connectivity index (χ3v) is 2.18. The molecule has 3 N–H and O–H groups in total. The van der Waals surface area contributed by atoms with Crippen molar-refractivity contribution in [3.8, 4) is 5.75 Å². The van der Waals surface area contributed by atoms with Crippen molar-refractivity contribution in [2.24, 2.45) is 10.9 Å². The number of benzene rings is 1. The molecule has 0 aliphatic rings. The van der Waals surface area contributed by atoms with Gasteiger partial charge in [-0.3, -0.25) is 0 Å². The predicted octanol–water partition coefficient (Wildman–Crippen LogP) is 2.51. The molecular weight excluding hydrogens is 239 g/mol. The highest BCUT2D eigenvalue weighted by Gasteiger charge is 2.02. The van der Waals surface area contributed by atoms with E-state index in [9.17, 15) is 0 Å². The van der Waals surface area contributed by atoms with Gasteiger partial charge in [-0.15, -0.1) is 0 Å². The molecule has 0 aliphatic heterocycles. The van der Waals surface area contributed by atoms with Gasteiger partial charge in [0.1, 0.15) is 11.6 Å². The molecule has 0 heterocycles. The van der Waals surface area contributed by atoms with Gasteiger partial charge < -0.3 is 15.7 Å². The van der Waals surface area contributed by atoms with E-state index in [1.54, 1.807) is 18.2 Å². The van der Waals surface area contributed by atoms with E-state index in [2.05, 4.69) is 5.16 Å². The topological polar surface area (TPSA) is 67.8 Å².